The molecule has 4 aromatic heterocycles. The molecule has 1 unspecified atom stereocenters. The number of alkyl halides is 5. The van der Waals surface area contributed by atoms with E-state index in [1.807, 2.05) is 31.2 Å². The maximum Gasteiger partial charge on any atom is 0.416 e. The number of ether oxygens (including phenoxy) is 2. The molecule has 2 aliphatic heterocycles. The highest BCUT2D eigenvalue weighted by molar-refractivity contribution is 8.00. The number of oxazole rings is 1. The molecule has 0 radical (unpaired) electrons. The third-order valence-corrected chi connectivity index (χ3v) is 15.8. The molecule has 3 aromatic carbocycles. The zero-order valence-corrected chi connectivity index (χ0v) is 50.1. The minimum atomic E-state index is -4.82. The topological polar surface area (TPSA) is 244 Å². The van der Waals surface area contributed by atoms with Crippen LogP contribution in [0.15, 0.2) is 112 Å². The smallest absolute Gasteiger partial charge is 0.416 e. The van der Waals surface area contributed by atoms with Crippen molar-refractivity contribution in [3.63, 3.8) is 0 Å². The molecular weight excluding hydrogens is 1200 g/mol. The average molecular weight is 1260 g/mol. The fourth-order valence-corrected chi connectivity index (χ4v) is 11.2. The minimum absolute atomic E-state index is 0.0308. The van der Waals surface area contributed by atoms with E-state index in [-0.39, 0.29) is 58.6 Å². The number of pyridine rings is 1. The van der Waals surface area contributed by atoms with Crippen LogP contribution in [0.4, 0.5) is 38.3 Å². The van der Waals surface area contributed by atoms with E-state index in [1.54, 1.807) is 30.1 Å². The van der Waals surface area contributed by atoms with E-state index < -0.39 is 53.5 Å². The Morgan fingerprint density at radius 3 is 2.28 bits per heavy atom. The molecule has 0 bridgehead atoms. The largest absolute Gasteiger partial charge is 0.492 e. The summed E-state index contributed by atoms with van der Waals surface area (Å²) in [5.74, 6) is -2.07. The quantitative estimate of drug-likeness (QED) is 0.0346. The number of anilines is 2. The molecule has 2 atom stereocenters. The molecule has 466 valence electrons. The number of likely N-dealkylation sites (tertiary alicyclic amines) is 1. The van der Waals surface area contributed by atoms with Crippen LogP contribution >= 0.6 is 23.4 Å². The number of fused-ring (bicyclic) bond motifs is 1. The average Bonchev–Trinajstić information content (AvgIpc) is 2.86. The van der Waals surface area contributed by atoms with Crippen molar-refractivity contribution in [1.82, 2.24) is 54.6 Å². The van der Waals surface area contributed by atoms with Crippen LogP contribution in [0, 0.1) is 5.92 Å². The molecule has 2 aliphatic rings. The normalized spacial score (nSPS) is 15.3. The molecule has 0 spiro atoms. The van der Waals surface area contributed by atoms with Crippen molar-refractivity contribution >= 4 is 75.5 Å². The Bertz CT molecular complexity index is 3720. The number of benzene rings is 3. The van der Waals surface area contributed by atoms with Gasteiger partial charge in [0, 0.05) is 94.8 Å². The van der Waals surface area contributed by atoms with Gasteiger partial charge in [-0.05, 0) is 106 Å². The highest BCUT2D eigenvalue weighted by Gasteiger charge is 2.38. The number of rotatable bonds is 21. The molecule has 0 saturated carbocycles. The number of hydrogen-bond donors (Lipinski definition) is 3. The van der Waals surface area contributed by atoms with Crippen LogP contribution < -0.4 is 31.1 Å². The molecule has 29 heteroatoms. The predicted octanol–water partition coefficient (Wildman–Crippen LogP) is 8.65. The molecule has 7 aromatic rings. The van der Waals surface area contributed by atoms with Crippen LogP contribution in [0.25, 0.3) is 28.0 Å². The maximum absolute atomic E-state index is 14.3. The zero-order valence-electron chi connectivity index (χ0n) is 48.5. The van der Waals surface area contributed by atoms with E-state index in [0.717, 1.165) is 55.6 Å². The van der Waals surface area contributed by atoms with Gasteiger partial charge in [0.2, 0.25) is 17.7 Å². The highest BCUT2D eigenvalue weighted by Crippen LogP contribution is 2.39. The van der Waals surface area contributed by atoms with Gasteiger partial charge in [-0.15, -0.1) is 0 Å². The number of piperazine rings is 1. The van der Waals surface area contributed by atoms with Crippen LogP contribution in [0.2, 0.25) is 5.02 Å². The third kappa shape index (κ3) is 16.0. The number of hydrogen-bond acceptors (Lipinski definition) is 16. The van der Waals surface area contributed by atoms with E-state index in [1.165, 1.54) is 67.4 Å². The minimum Gasteiger partial charge on any atom is -0.492 e. The lowest BCUT2D eigenvalue weighted by Gasteiger charge is -2.34. The number of amides is 5. The Labute approximate surface area is 510 Å². The van der Waals surface area contributed by atoms with Gasteiger partial charge < -0.3 is 34.7 Å². The third-order valence-electron chi connectivity index (χ3n) is 14.3. The summed E-state index contributed by atoms with van der Waals surface area (Å²) in [6.45, 7) is 10.7. The lowest BCUT2D eigenvalue weighted by Crippen LogP contribution is -2.49. The van der Waals surface area contributed by atoms with Gasteiger partial charge in [-0.1, -0.05) is 35.5 Å². The Hall–Kier alpha value is -8.47. The second-order valence-corrected chi connectivity index (χ2v) is 23.1. The first kappa shape index (κ1) is 64.0. The zero-order chi connectivity index (χ0) is 63.0. The standard InChI is InChI=1S/C59H63ClF5N13O9S/c1-6-76-54(82)42-30-39(60)11-16-43(42)71-56(76)88-48(55(83)75-21-18-38(31-75)50(79)66-5)35-9-14-41(15-10-35)85-28-27-74-25-23-73(24-26-74)22-20-68-51(80)36-7-12-40(13-8-36)78-32-44(47(72-78)49(61)62)69-52(81)45-33-86-53(70-45)37-17-19-67-46(29-37)77(34-59(63,64)65)57(84)87-58(2,3)4/h7-17,19,29-30,32-33,38,48-49H,6,18,20-28,31,34H2,1-5H3,(H,66,79)(H,68,80)(H,69,81)/t38-,48?/m0/s1. The lowest BCUT2D eigenvalue weighted by atomic mass is 10.1. The SMILES string of the molecule is CCn1c(SC(C(=O)N2CC[C@H](C(=O)NC)C2)c2ccc(OCCN3CCN(CCNC(=O)c4ccc(-n5cc(NC(=O)c6coc(-c7ccnc(N(CC(F)(F)F)C(=O)OC(C)(C)C)c7)n6)c(C(F)F)n5)cc4)CC3)cc2)nc2ccc(Cl)cc2c1=O. The molecular formula is C59H63ClF5N13O9S. The van der Waals surface area contributed by atoms with Gasteiger partial charge in [0.05, 0.1) is 34.4 Å². The van der Waals surface area contributed by atoms with Gasteiger partial charge in [0.15, 0.2) is 16.5 Å². The van der Waals surface area contributed by atoms with Crippen molar-refractivity contribution in [3.05, 3.63) is 135 Å². The summed E-state index contributed by atoms with van der Waals surface area (Å²) in [6.07, 6.45) is -5.56. The molecule has 5 amide bonds. The number of nitrogens with one attached hydrogen (secondary N) is 3. The van der Waals surface area contributed by atoms with E-state index in [0.29, 0.717) is 94.3 Å². The molecule has 6 heterocycles. The van der Waals surface area contributed by atoms with Crippen LogP contribution in [0.5, 0.6) is 5.75 Å². The molecule has 9 rings (SSSR count). The van der Waals surface area contributed by atoms with Gasteiger partial charge in [-0.25, -0.2) is 33.2 Å². The summed E-state index contributed by atoms with van der Waals surface area (Å²) in [5.41, 5.74) is -1.13. The number of aromatic nitrogens is 6. The van der Waals surface area contributed by atoms with Crippen LogP contribution in [0.1, 0.15) is 77.9 Å². The first-order chi connectivity index (χ1) is 41.9. The fourth-order valence-electron chi connectivity index (χ4n) is 9.82. The summed E-state index contributed by atoms with van der Waals surface area (Å²) in [7, 11) is 1.58. The fraction of sp³-hybridized carbons (Fsp3) is 0.390. The van der Waals surface area contributed by atoms with Crippen molar-refractivity contribution in [2.24, 2.45) is 5.92 Å². The Morgan fingerprint density at radius 1 is 0.898 bits per heavy atom. The van der Waals surface area contributed by atoms with Crippen molar-refractivity contribution in [2.45, 2.75) is 69.3 Å². The number of carbonyl (C=O) groups is 5. The van der Waals surface area contributed by atoms with Crippen LogP contribution in [-0.2, 0) is 20.9 Å². The highest BCUT2D eigenvalue weighted by atomic mass is 35.5. The number of thioether (sulfide) groups is 1. The van der Waals surface area contributed by atoms with E-state index in [4.69, 9.17) is 30.5 Å². The predicted molar refractivity (Wildman–Crippen MR) is 317 cm³/mol. The van der Waals surface area contributed by atoms with Gasteiger partial charge in [-0.2, -0.15) is 18.3 Å². The summed E-state index contributed by atoms with van der Waals surface area (Å²) in [4.78, 5) is 99.0. The molecule has 22 nitrogen and oxygen atoms in total. The summed E-state index contributed by atoms with van der Waals surface area (Å²) >= 11 is 7.41. The Balaban J connectivity index is 0.734. The van der Waals surface area contributed by atoms with E-state index in [2.05, 4.69) is 40.8 Å². The number of nitrogens with zero attached hydrogens (tertiary/aromatic N) is 10. The molecule has 88 heavy (non-hydrogen) atoms. The van der Waals surface area contributed by atoms with Crippen molar-refractivity contribution in [1.29, 1.82) is 0 Å². The molecule has 2 fully saturated rings. The van der Waals surface area contributed by atoms with Crippen molar-refractivity contribution < 1.29 is 59.8 Å². The van der Waals surface area contributed by atoms with E-state index >= 15 is 0 Å². The first-order valence-corrected chi connectivity index (χ1v) is 29.3. The summed E-state index contributed by atoms with van der Waals surface area (Å²) in [6, 6.07) is 20.6. The molecule has 2 saturated heterocycles. The van der Waals surface area contributed by atoms with Crippen LogP contribution in [-0.4, -0.2) is 165 Å². The lowest BCUT2D eigenvalue weighted by molar-refractivity contribution is -0.130. The van der Waals surface area contributed by atoms with Crippen LogP contribution in [0.3, 0.4) is 0 Å². The second kappa shape index (κ2) is 27.7. The number of carbonyl (C=O) groups excluding carboxylic acids is 5. The summed E-state index contributed by atoms with van der Waals surface area (Å²) in [5, 5.41) is 12.3. The molecule has 3 N–H and O–H groups in total. The summed E-state index contributed by atoms with van der Waals surface area (Å²) < 4.78 is 88.5. The monoisotopic (exact) mass is 1260 g/mol. The van der Waals surface area contributed by atoms with Gasteiger partial charge in [0.1, 0.15) is 41.8 Å². The number of halogens is 6. The maximum atomic E-state index is 14.3. The van der Waals surface area contributed by atoms with Gasteiger partial charge in [-0.3, -0.25) is 43.2 Å². The second-order valence-electron chi connectivity index (χ2n) is 21.6. The van der Waals surface area contributed by atoms with Crippen molar-refractivity contribution in [3.8, 4) is 22.9 Å². The van der Waals surface area contributed by atoms with Gasteiger partial charge in [0.25, 0.3) is 23.8 Å². The van der Waals surface area contributed by atoms with E-state index in [9.17, 15) is 50.7 Å². The Kier molecular flexibility index (Phi) is 20.2. The Morgan fingerprint density at radius 2 is 1.61 bits per heavy atom. The first-order valence-electron chi connectivity index (χ1n) is 28.1. The van der Waals surface area contributed by atoms with Gasteiger partial charge >= 0.3 is 12.3 Å². The van der Waals surface area contributed by atoms with Crippen molar-refractivity contribution in [2.75, 3.05) is 89.3 Å². The molecule has 0 aliphatic carbocycles.